The number of anilines is 1. The van der Waals surface area contributed by atoms with Crippen LogP contribution in [0.15, 0.2) is 73.4 Å². The van der Waals surface area contributed by atoms with Crippen LogP contribution < -0.4 is 5.73 Å². The number of fused-ring (bicyclic) bond motifs is 2. The quantitative estimate of drug-likeness (QED) is 0.374. The van der Waals surface area contributed by atoms with Gasteiger partial charge in [-0.05, 0) is 35.9 Å². The van der Waals surface area contributed by atoms with Crippen molar-refractivity contribution in [2.24, 2.45) is 0 Å². The molecule has 0 saturated heterocycles. The van der Waals surface area contributed by atoms with Crippen molar-refractivity contribution in [2.75, 3.05) is 5.73 Å². The third-order valence-electron chi connectivity index (χ3n) is 5.44. The number of nitrogens with zero attached hydrogens (tertiary/aromatic N) is 4. The fourth-order valence-corrected chi connectivity index (χ4v) is 3.94. The summed E-state index contributed by atoms with van der Waals surface area (Å²) in [5.41, 5.74) is 12.9. The number of hydrogen-bond acceptors (Lipinski definition) is 5. The van der Waals surface area contributed by atoms with Crippen LogP contribution in [0.3, 0.4) is 0 Å². The molecule has 0 aliphatic heterocycles. The number of benzene rings is 1. The van der Waals surface area contributed by atoms with Gasteiger partial charge in [0.25, 0.3) is 0 Å². The molecular formula is C24H16FN7. The summed E-state index contributed by atoms with van der Waals surface area (Å²) in [6, 6.07) is 12.3. The number of rotatable bonds is 3. The highest BCUT2D eigenvalue weighted by Crippen LogP contribution is 2.34. The molecule has 0 aliphatic carbocycles. The first-order valence-corrected chi connectivity index (χ1v) is 9.94. The Hall–Kier alpha value is -4.59. The Morgan fingerprint density at radius 2 is 1.72 bits per heavy atom. The normalized spacial score (nSPS) is 11.4. The Morgan fingerprint density at radius 3 is 2.59 bits per heavy atom. The van der Waals surface area contributed by atoms with Gasteiger partial charge in [0.15, 0.2) is 0 Å². The molecule has 7 nitrogen and oxygen atoms in total. The van der Waals surface area contributed by atoms with E-state index in [-0.39, 0.29) is 5.82 Å². The van der Waals surface area contributed by atoms with Crippen molar-refractivity contribution in [2.45, 2.75) is 0 Å². The number of aromatic nitrogens is 6. The van der Waals surface area contributed by atoms with E-state index in [0.717, 1.165) is 55.6 Å². The standard InChI is InChI=1S/C24H16FN7/c25-15-3-1-2-13(4-15)19-10-28-11-22-17(19)6-21(30-22)24-18-7-20(29-12-23(18)31-32-24)14-5-16(26)9-27-8-14/h1-12,30H,26H2,(H,31,32). The van der Waals surface area contributed by atoms with Crippen LogP contribution in [-0.4, -0.2) is 30.1 Å². The van der Waals surface area contributed by atoms with Gasteiger partial charge >= 0.3 is 0 Å². The van der Waals surface area contributed by atoms with Gasteiger partial charge in [-0.2, -0.15) is 5.10 Å². The SMILES string of the molecule is Nc1cncc(-c2cc3c(-c4cc5c(-c6cccc(F)c6)cncc5[nH]4)n[nH]c3cn2)c1. The smallest absolute Gasteiger partial charge is 0.123 e. The van der Waals surface area contributed by atoms with Crippen LogP contribution >= 0.6 is 0 Å². The van der Waals surface area contributed by atoms with Crippen LogP contribution in [0.5, 0.6) is 0 Å². The van der Waals surface area contributed by atoms with Gasteiger partial charge in [0.1, 0.15) is 11.5 Å². The van der Waals surface area contributed by atoms with Crippen LogP contribution in [0.2, 0.25) is 0 Å². The van der Waals surface area contributed by atoms with Gasteiger partial charge in [0.2, 0.25) is 0 Å². The molecule has 6 aromatic rings. The summed E-state index contributed by atoms with van der Waals surface area (Å²) in [5, 5.41) is 9.39. The molecule has 32 heavy (non-hydrogen) atoms. The fourth-order valence-electron chi connectivity index (χ4n) is 3.94. The minimum atomic E-state index is -0.287. The maximum atomic E-state index is 13.8. The van der Waals surface area contributed by atoms with Crippen LogP contribution in [0.4, 0.5) is 10.1 Å². The topological polar surface area (TPSA) is 109 Å². The van der Waals surface area contributed by atoms with E-state index in [1.807, 2.05) is 24.3 Å². The molecule has 0 amide bonds. The maximum absolute atomic E-state index is 13.8. The van der Waals surface area contributed by atoms with Gasteiger partial charge in [-0.1, -0.05) is 12.1 Å². The maximum Gasteiger partial charge on any atom is 0.123 e. The number of halogens is 1. The zero-order valence-electron chi connectivity index (χ0n) is 16.7. The van der Waals surface area contributed by atoms with E-state index in [1.165, 1.54) is 12.1 Å². The second kappa shape index (κ2) is 6.98. The minimum Gasteiger partial charge on any atom is -0.397 e. The third-order valence-corrected chi connectivity index (χ3v) is 5.44. The predicted octanol–water partition coefficient (Wildman–Crippen LogP) is 4.95. The summed E-state index contributed by atoms with van der Waals surface area (Å²) in [7, 11) is 0. The summed E-state index contributed by atoms with van der Waals surface area (Å²) in [5.74, 6) is -0.287. The summed E-state index contributed by atoms with van der Waals surface area (Å²) in [6.07, 6.45) is 8.56. The predicted molar refractivity (Wildman–Crippen MR) is 122 cm³/mol. The van der Waals surface area contributed by atoms with E-state index < -0.39 is 0 Å². The van der Waals surface area contributed by atoms with Crippen molar-refractivity contribution in [3.05, 3.63) is 79.3 Å². The second-order valence-corrected chi connectivity index (χ2v) is 7.54. The molecule has 5 aromatic heterocycles. The third kappa shape index (κ3) is 2.97. The number of nitrogens with two attached hydrogens (primary N) is 1. The second-order valence-electron chi connectivity index (χ2n) is 7.54. The molecular weight excluding hydrogens is 405 g/mol. The summed E-state index contributed by atoms with van der Waals surface area (Å²) in [4.78, 5) is 16.4. The molecule has 0 saturated carbocycles. The highest BCUT2D eigenvalue weighted by atomic mass is 19.1. The fraction of sp³-hybridized carbons (Fsp3) is 0. The van der Waals surface area contributed by atoms with Crippen LogP contribution in [0.1, 0.15) is 0 Å². The average molecular weight is 421 g/mol. The first kappa shape index (κ1) is 18.2. The van der Waals surface area contributed by atoms with Crippen LogP contribution in [0, 0.1) is 5.82 Å². The van der Waals surface area contributed by atoms with E-state index >= 15 is 0 Å². The first-order valence-electron chi connectivity index (χ1n) is 9.94. The van der Waals surface area contributed by atoms with E-state index in [4.69, 9.17) is 5.73 Å². The Balaban J connectivity index is 1.51. The lowest BCUT2D eigenvalue weighted by Gasteiger charge is -2.02. The molecule has 1 aromatic carbocycles. The van der Waals surface area contributed by atoms with Crippen molar-refractivity contribution >= 4 is 27.5 Å². The first-order chi connectivity index (χ1) is 15.7. The molecule has 8 heteroatoms. The van der Waals surface area contributed by atoms with Crippen molar-refractivity contribution in [1.82, 2.24) is 30.1 Å². The number of aromatic amines is 2. The molecule has 154 valence electrons. The zero-order chi connectivity index (χ0) is 21.7. The molecule has 5 heterocycles. The monoisotopic (exact) mass is 421 g/mol. The average Bonchev–Trinajstić information content (AvgIpc) is 3.42. The van der Waals surface area contributed by atoms with Crippen molar-refractivity contribution in [3.8, 4) is 33.8 Å². The molecule has 0 fully saturated rings. The Kier molecular flexibility index (Phi) is 3.97. The molecule has 0 radical (unpaired) electrons. The Labute approximate surface area is 181 Å². The number of hydrogen-bond donors (Lipinski definition) is 3. The highest BCUT2D eigenvalue weighted by Gasteiger charge is 2.15. The van der Waals surface area contributed by atoms with Gasteiger partial charge < -0.3 is 10.7 Å². The molecule has 4 N–H and O–H groups in total. The van der Waals surface area contributed by atoms with Gasteiger partial charge in [-0.3, -0.25) is 20.1 Å². The molecule has 0 bridgehead atoms. The molecule has 0 atom stereocenters. The van der Waals surface area contributed by atoms with E-state index in [2.05, 4.69) is 30.1 Å². The van der Waals surface area contributed by atoms with Gasteiger partial charge in [-0.15, -0.1) is 0 Å². The number of pyridine rings is 3. The summed E-state index contributed by atoms with van der Waals surface area (Å²) < 4.78 is 13.8. The molecule has 0 aliphatic rings. The highest BCUT2D eigenvalue weighted by molar-refractivity contribution is 6.01. The van der Waals surface area contributed by atoms with E-state index in [9.17, 15) is 4.39 Å². The lowest BCUT2D eigenvalue weighted by atomic mass is 10.0. The van der Waals surface area contributed by atoms with Crippen molar-refractivity contribution in [1.29, 1.82) is 0 Å². The summed E-state index contributed by atoms with van der Waals surface area (Å²) >= 11 is 0. The van der Waals surface area contributed by atoms with Gasteiger partial charge in [0, 0.05) is 40.5 Å². The lowest BCUT2D eigenvalue weighted by Crippen LogP contribution is -1.89. The molecule has 0 spiro atoms. The largest absolute Gasteiger partial charge is 0.397 e. The lowest BCUT2D eigenvalue weighted by molar-refractivity contribution is 0.628. The van der Waals surface area contributed by atoms with Gasteiger partial charge in [-0.25, -0.2) is 4.39 Å². The zero-order valence-corrected chi connectivity index (χ0v) is 16.7. The van der Waals surface area contributed by atoms with Gasteiger partial charge in [0.05, 0.1) is 40.5 Å². The number of nitrogens with one attached hydrogen (secondary N) is 2. The van der Waals surface area contributed by atoms with Crippen LogP contribution in [0.25, 0.3) is 55.6 Å². The molecule has 6 rings (SSSR count). The Bertz CT molecular complexity index is 1620. The number of H-pyrrole nitrogens is 2. The Morgan fingerprint density at radius 1 is 0.812 bits per heavy atom. The van der Waals surface area contributed by atoms with Crippen molar-refractivity contribution in [3.63, 3.8) is 0 Å². The minimum absolute atomic E-state index is 0.287. The summed E-state index contributed by atoms with van der Waals surface area (Å²) in [6.45, 7) is 0. The molecule has 0 unspecified atom stereocenters. The van der Waals surface area contributed by atoms with E-state index in [1.54, 1.807) is 37.1 Å². The van der Waals surface area contributed by atoms with E-state index in [0.29, 0.717) is 5.69 Å². The van der Waals surface area contributed by atoms with Crippen molar-refractivity contribution < 1.29 is 4.39 Å². The number of nitrogen functional groups attached to an aromatic ring is 1. The van der Waals surface area contributed by atoms with Crippen LogP contribution in [-0.2, 0) is 0 Å².